The number of hydrogen-bond donors (Lipinski definition) is 2. The number of thiazole rings is 1. The largest absolute Gasteiger partial charge is 0.388 e. The summed E-state index contributed by atoms with van der Waals surface area (Å²) in [6.07, 6.45) is 2.19. The highest BCUT2D eigenvalue weighted by molar-refractivity contribution is 7.11. The molecule has 0 radical (unpaired) electrons. The first-order valence-electron chi connectivity index (χ1n) is 5.30. The molecule has 0 spiro atoms. The minimum atomic E-state index is -0.853. The first-order chi connectivity index (χ1) is 7.41. The summed E-state index contributed by atoms with van der Waals surface area (Å²) in [4.78, 5) is 16.0. The van der Waals surface area contributed by atoms with Crippen LogP contribution < -0.4 is 5.32 Å². The average molecular weight is 242 g/mol. The lowest BCUT2D eigenvalue weighted by Crippen LogP contribution is -2.41. The summed E-state index contributed by atoms with van der Waals surface area (Å²) in [5.74, 6) is 0.224. The second-order valence-corrected chi connectivity index (χ2v) is 5.53. The molecule has 4 nitrogen and oxygen atoms in total. The Labute approximate surface area is 99.7 Å². The molecule has 0 bridgehead atoms. The molecule has 0 aliphatic heterocycles. The fourth-order valence-corrected chi connectivity index (χ4v) is 2.17. The van der Waals surface area contributed by atoms with Gasteiger partial charge in [0.2, 0.25) is 0 Å². The Balaban J connectivity index is 2.42. The van der Waals surface area contributed by atoms with Crippen molar-refractivity contribution in [3.63, 3.8) is 0 Å². The summed E-state index contributed by atoms with van der Waals surface area (Å²) in [7, 11) is 0. The zero-order valence-corrected chi connectivity index (χ0v) is 10.7. The molecule has 1 atom stereocenters. The van der Waals surface area contributed by atoms with Gasteiger partial charge < -0.3 is 10.4 Å². The van der Waals surface area contributed by atoms with Crippen LogP contribution in [0.1, 0.15) is 36.9 Å². The number of hydrogen-bond acceptors (Lipinski definition) is 4. The van der Waals surface area contributed by atoms with Crippen LogP contribution in [-0.4, -0.2) is 28.1 Å². The topological polar surface area (TPSA) is 62.2 Å². The number of carbonyl (C=O) groups excluding carboxylic acids is 1. The highest BCUT2D eigenvalue weighted by Crippen LogP contribution is 2.15. The molecule has 1 heterocycles. The molecule has 1 unspecified atom stereocenters. The normalized spacial score (nSPS) is 14.8. The van der Waals surface area contributed by atoms with Crippen LogP contribution in [0.15, 0.2) is 11.7 Å². The summed E-state index contributed by atoms with van der Waals surface area (Å²) in [6.45, 7) is 6.08. The quantitative estimate of drug-likeness (QED) is 0.825. The summed E-state index contributed by atoms with van der Waals surface area (Å²) >= 11 is 1.29. The number of nitrogens with one attached hydrogen (secondary N) is 1. The molecule has 1 aromatic rings. The van der Waals surface area contributed by atoms with E-state index in [4.69, 9.17) is 0 Å². The smallest absolute Gasteiger partial charge is 0.263 e. The van der Waals surface area contributed by atoms with E-state index in [1.807, 2.05) is 13.8 Å². The minimum Gasteiger partial charge on any atom is -0.388 e. The van der Waals surface area contributed by atoms with Gasteiger partial charge in [-0.2, -0.15) is 0 Å². The van der Waals surface area contributed by atoms with E-state index in [9.17, 15) is 9.90 Å². The van der Waals surface area contributed by atoms with Crippen LogP contribution in [-0.2, 0) is 0 Å². The Morgan fingerprint density at radius 3 is 2.88 bits per heavy atom. The van der Waals surface area contributed by atoms with Gasteiger partial charge in [0.15, 0.2) is 0 Å². The van der Waals surface area contributed by atoms with E-state index in [0.29, 0.717) is 17.2 Å². The first-order valence-corrected chi connectivity index (χ1v) is 6.18. The van der Waals surface area contributed by atoms with Crippen molar-refractivity contribution in [2.75, 3.05) is 6.54 Å². The zero-order valence-electron chi connectivity index (χ0n) is 9.86. The Morgan fingerprint density at radius 2 is 2.38 bits per heavy atom. The SMILES string of the molecule is CC(C)CC(C)(O)CNC(=O)c1cncs1. The van der Waals surface area contributed by atoms with Gasteiger partial charge in [-0.25, -0.2) is 0 Å². The van der Waals surface area contributed by atoms with Crippen molar-refractivity contribution in [2.24, 2.45) is 5.92 Å². The van der Waals surface area contributed by atoms with Crippen LogP contribution in [0.2, 0.25) is 0 Å². The van der Waals surface area contributed by atoms with E-state index in [1.165, 1.54) is 17.5 Å². The molecule has 0 saturated carbocycles. The number of amides is 1. The second-order valence-electron chi connectivity index (χ2n) is 4.64. The fraction of sp³-hybridized carbons (Fsp3) is 0.636. The van der Waals surface area contributed by atoms with Crippen molar-refractivity contribution in [3.8, 4) is 0 Å². The summed E-state index contributed by atoms with van der Waals surface area (Å²) in [6, 6.07) is 0. The Hall–Kier alpha value is -0.940. The van der Waals surface area contributed by atoms with Gasteiger partial charge >= 0.3 is 0 Å². The van der Waals surface area contributed by atoms with Crippen molar-refractivity contribution in [3.05, 3.63) is 16.6 Å². The molecule has 5 heteroatoms. The Kier molecular flexibility index (Phi) is 4.44. The minimum absolute atomic E-state index is 0.175. The molecule has 0 aliphatic rings. The van der Waals surface area contributed by atoms with Crippen LogP contribution in [0.5, 0.6) is 0 Å². The maximum Gasteiger partial charge on any atom is 0.263 e. The molecule has 1 rings (SSSR count). The van der Waals surface area contributed by atoms with Crippen molar-refractivity contribution in [1.29, 1.82) is 0 Å². The molecule has 1 aromatic heterocycles. The van der Waals surface area contributed by atoms with E-state index >= 15 is 0 Å². The molecule has 0 fully saturated rings. The van der Waals surface area contributed by atoms with Crippen LogP contribution in [0.3, 0.4) is 0 Å². The fourth-order valence-electron chi connectivity index (χ4n) is 1.64. The van der Waals surface area contributed by atoms with Gasteiger partial charge in [-0.3, -0.25) is 9.78 Å². The molecule has 1 amide bonds. The van der Waals surface area contributed by atoms with Crippen LogP contribution >= 0.6 is 11.3 Å². The second kappa shape index (κ2) is 5.41. The molecule has 2 N–H and O–H groups in total. The summed E-state index contributed by atoms with van der Waals surface area (Å²) in [5, 5.41) is 12.7. The monoisotopic (exact) mass is 242 g/mol. The van der Waals surface area contributed by atoms with Gasteiger partial charge in [0.25, 0.3) is 5.91 Å². The molecular formula is C11H18N2O2S. The predicted octanol–water partition coefficient (Wildman–Crippen LogP) is 1.67. The maximum absolute atomic E-state index is 11.6. The third kappa shape index (κ3) is 4.28. The summed E-state index contributed by atoms with van der Waals surface area (Å²) < 4.78 is 0. The molecule has 90 valence electrons. The third-order valence-electron chi connectivity index (χ3n) is 2.13. The average Bonchev–Trinajstić information content (AvgIpc) is 2.64. The third-order valence-corrected chi connectivity index (χ3v) is 2.91. The zero-order chi connectivity index (χ0) is 12.2. The van der Waals surface area contributed by atoms with Crippen molar-refractivity contribution in [1.82, 2.24) is 10.3 Å². The van der Waals surface area contributed by atoms with Gasteiger partial charge in [-0.05, 0) is 19.3 Å². The van der Waals surface area contributed by atoms with Gasteiger partial charge in [0.05, 0.1) is 17.3 Å². The van der Waals surface area contributed by atoms with E-state index in [-0.39, 0.29) is 12.5 Å². The molecule has 0 saturated heterocycles. The molecular weight excluding hydrogens is 224 g/mol. The number of carbonyl (C=O) groups is 1. The van der Waals surface area contributed by atoms with Crippen LogP contribution in [0.25, 0.3) is 0 Å². The highest BCUT2D eigenvalue weighted by atomic mass is 32.1. The number of nitrogens with zero attached hydrogens (tertiary/aromatic N) is 1. The number of aliphatic hydroxyl groups is 1. The van der Waals surface area contributed by atoms with Gasteiger partial charge in [-0.15, -0.1) is 11.3 Å². The van der Waals surface area contributed by atoms with Crippen molar-refractivity contribution < 1.29 is 9.90 Å². The number of aromatic nitrogens is 1. The van der Waals surface area contributed by atoms with Gasteiger partial charge in [0, 0.05) is 6.54 Å². The van der Waals surface area contributed by atoms with Gasteiger partial charge in [-0.1, -0.05) is 13.8 Å². The maximum atomic E-state index is 11.6. The lowest BCUT2D eigenvalue weighted by atomic mass is 9.94. The predicted molar refractivity (Wildman–Crippen MR) is 64.5 cm³/mol. The van der Waals surface area contributed by atoms with Gasteiger partial charge in [0.1, 0.15) is 4.88 Å². The molecule has 16 heavy (non-hydrogen) atoms. The lowest BCUT2D eigenvalue weighted by molar-refractivity contribution is 0.0369. The Morgan fingerprint density at radius 1 is 1.69 bits per heavy atom. The Bertz CT molecular complexity index is 334. The summed E-state index contributed by atoms with van der Waals surface area (Å²) in [5.41, 5.74) is 0.760. The van der Waals surface area contributed by atoms with Crippen molar-refractivity contribution in [2.45, 2.75) is 32.8 Å². The van der Waals surface area contributed by atoms with E-state index in [1.54, 1.807) is 12.4 Å². The van der Waals surface area contributed by atoms with E-state index in [2.05, 4.69) is 10.3 Å². The molecule has 0 aliphatic carbocycles. The van der Waals surface area contributed by atoms with E-state index < -0.39 is 5.60 Å². The van der Waals surface area contributed by atoms with Crippen LogP contribution in [0.4, 0.5) is 0 Å². The van der Waals surface area contributed by atoms with Crippen LogP contribution in [0, 0.1) is 5.92 Å². The first kappa shape index (κ1) is 13.1. The number of rotatable bonds is 5. The van der Waals surface area contributed by atoms with Crippen molar-refractivity contribution >= 4 is 17.2 Å². The lowest BCUT2D eigenvalue weighted by Gasteiger charge is -2.25. The van der Waals surface area contributed by atoms with E-state index in [0.717, 1.165) is 0 Å². The molecule has 0 aromatic carbocycles. The standard InChI is InChI=1S/C11H18N2O2S/c1-8(2)4-11(3,15)6-13-10(14)9-5-12-7-16-9/h5,7-8,15H,4,6H2,1-3H3,(H,13,14). The highest BCUT2D eigenvalue weighted by Gasteiger charge is 2.22.